The van der Waals surface area contributed by atoms with Crippen molar-refractivity contribution in [1.29, 1.82) is 0 Å². The summed E-state index contributed by atoms with van der Waals surface area (Å²) in [5.41, 5.74) is 5.86. The molecule has 4 nitrogen and oxygen atoms in total. The Bertz CT molecular complexity index is 1060. The third-order valence-corrected chi connectivity index (χ3v) is 5.71. The summed E-state index contributed by atoms with van der Waals surface area (Å²) < 4.78 is 0. The van der Waals surface area contributed by atoms with E-state index in [0.29, 0.717) is 6.54 Å². The fourth-order valence-corrected chi connectivity index (χ4v) is 3.94. The maximum absolute atomic E-state index is 13.1. The largest absolute Gasteiger partial charge is 0.327 e. The fourth-order valence-electron chi connectivity index (χ4n) is 3.94. The molecule has 0 unspecified atom stereocenters. The number of hydrogen-bond donors (Lipinski definition) is 1. The van der Waals surface area contributed by atoms with Crippen LogP contribution in [0.4, 0.5) is 5.69 Å². The second-order valence-corrected chi connectivity index (χ2v) is 7.82. The minimum Gasteiger partial charge on any atom is -0.327 e. The zero-order chi connectivity index (χ0) is 21.1. The average Bonchev–Trinajstić information content (AvgIpc) is 3.10. The van der Waals surface area contributed by atoms with E-state index < -0.39 is 0 Å². The van der Waals surface area contributed by atoms with Crippen LogP contribution in [0.5, 0.6) is 0 Å². The molecule has 0 saturated heterocycles. The van der Waals surface area contributed by atoms with Crippen molar-refractivity contribution in [3.8, 4) is 0 Å². The lowest BCUT2D eigenvalue weighted by molar-refractivity contribution is -0.117. The smallest absolute Gasteiger partial charge is 0.255 e. The van der Waals surface area contributed by atoms with Crippen LogP contribution in [0.15, 0.2) is 72.8 Å². The number of benzene rings is 3. The molecule has 0 fully saturated rings. The molecule has 152 valence electrons. The van der Waals surface area contributed by atoms with Crippen molar-refractivity contribution in [3.05, 3.63) is 101 Å². The Hall–Kier alpha value is -3.40. The zero-order valence-electron chi connectivity index (χ0n) is 17.4. The van der Waals surface area contributed by atoms with Gasteiger partial charge in [-0.15, -0.1) is 0 Å². The van der Waals surface area contributed by atoms with Gasteiger partial charge in [0.25, 0.3) is 5.91 Å². The third-order valence-electron chi connectivity index (χ3n) is 5.71. The first-order valence-corrected chi connectivity index (χ1v) is 10.4. The summed E-state index contributed by atoms with van der Waals surface area (Å²) in [6, 6.07) is 23.3. The number of anilines is 1. The summed E-state index contributed by atoms with van der Waals surface area (Å²) in [6.45, 7) is 4.65. The number of aryl methyl sites for hydroxylation is 2. The Morgan fingerprint density at radius 2 is 1.70 bits per heavy atom. The van der Waals surface area contributed by atoms with Gasteiger partial charge < -0.3 is 10.2 Å². The molecule has 0 aromatic heterocycles. The molecule has 2 amide bonds. The van der Waals surface area contributed by atoms with Gasteiger partial charge in [-0.1, -0.05) is 67.1 Å². The highest BCUT2D eigenvalue weighted by Gasteiger charge is 2.34. The Kier molecular flexibility index (Phi) is 5.66. The quantitative estimate of drug-likeness (QED) is 0.614. The van der Waals surface area contributed by atoms with Crippen molar-refractivity contribution in [3.63, 3.8) is 0 Å². The van der Waals surface area contributed by atoms with Gasteiger partial charge in [0.15, 0.2) is 0 Å². The van der Waals surface area contributed by atoms with Crippen LogP contribution in [-0.4, -0.2) is 16.7 Å². The summed E-state index contributed by atoms with van der Waals surface area (Å²) in [5.74, 6) is -0.121. The molecule has 30 heavy (non-hydrogen) atoms. The van der Waals surface area contributed by atoms with E-state index in [1.807, 2.05) is 84.6 Å². The number of rotatable bonds is 6. The summed E-state index contributed by atoms with van der Waals surface area (Å²) in [5, 5.41) is 2.99. The van der Waals surface area contributed by atoms with E-state index in [1.165, 1.54) is 5.56 Å². The van der Waals surface area contributed by atoms with Gasteiger partial charge in [0.05, 0.1) is 12.5 Å². The molecule has 0 saturated carbocycles. The maximum Gasteiger partial charge on any atom is 0.255 e. The molecule has 4 rings (SSSR count). The van der Waals surface area contributed by atoms with Crippen LogP contribution in [0.3, 0.4) is 0 Å². The van der Waals surface area contributed by atoms with Crippen LogP contribution in [0.25, 0.3) is 0 Å². The lowest BCUT2D eigenvalue weighted by atomic mass is 10.00. The van der Waals surface area contributed by atoms with E-state index >= 15 is 0 Å². The van der Waals surface area contributed by atoms with E-state index in [9.17, 15) is 9.59 Å². The second kappa shape index (κ2) is 8.54. The summed E-state index contributed by atoms with van der Waals surface area (Å²) in [4.78, 5) is 27.8. The Labute approximate surface area is 177 Å². The fraction of sp³-hybridized carbons (Fsp3) is 0.231. The Balaban J connectivity index is 1.57. The van der Waals surface area contributed by atoms with Gasteiger partial charge in [0, 0.05) is 17.8 Å². The maximum atomic E-state index is 13.1. The highest BCUT2D eigenvalue weighted by molar-refractivity contribution is 5.99. The number of carbonyl (C=O) groups is 2. The molecule has 3 aromatic carbocycles. The molecular weight excluding hydrogens is 372 g/mol. The molecule has 1 N–H and O–H groups in total. The lowest BCUT2D eigenvalue weighted by Gasteiger charge is -2.28. The van der Waals surface area contributed by atoms with Crippen LogP contribution in [0.2, 0.25) is 0 Å². The van der Waals surface area contributed by atoms with Crippen molar-refractivity contribution >= 4 is 17.5 Å². The molecule has 1 atom stereocenters. The molecule has 0 spiro atoms. The van der Waals surface area contributed by atoms with Crippen LogP contribution in [0, 0.1) is 6.92 Å². The van der Waals surface area contributed by atoms with Gasteiger partial charge >= 0.3 is 0 Å². The van der Waals surface area contributed by atoms with Crippen molar-refractivity contribution in [2.45, 2.75) is 39.3 Å². The van der Waals surface area contributed by atoms with Gasteiger partial charge in [-0.25, -0.2) is 0 Å². The third kappa shape index (κ3) is 4.13. The second-order valence-electron chi connectivity index (χ2n) is 7.82. The predicted molar refractivity (Wildman–Crippen MR) is 119 cm³/mol. The molecule has 1 aliphatic rings. The van der Waals surface area contributed by atoms with Crippen LogP contribution >= 0.6 is 0 Å². The van der Waals surface area contributed by atoms with E-state index in [1.54, 1.807) is 0 Å². The van der Waals surface area contributed by atoms with Crippen LogP contribution in [0.1, 0.15) is 52.0 Å². The first-order chi connectivity index (χ1) is 14.5. The van der Waals surface area contributed by atoms with Gasteiger partial charge in [0.1, 0.15) is 0 Å². The summed E-state index contributed by atoms with van der Waals surface area (Å²) in [7, 11) is 0. The molecule has 3 aromatic rings. The normalized spacial score (nSPS) is 13.8. The average molecular weight is 399 g/mol. The van der Waals surface area contributed by atoms with Crippen LogP contribution in [-0.2, 0) is 17.8 Å². The number of nitrogens with zero attached hydrogens (tertiary/aromatic N) is 1. The van der Waals surface area contributed by atoms with Crippen LogP contribution < -0.4 is 5.32 Å². The van der Waals surface area contributed by atoms with E-state index in [-0.39, 0.29) is 24.3 Å². The Morgan fingerprint density at radius 3 is 2.37 bits per heavy atom. The monoisotopic (exact) mass is 398 g/mol. The van der Waals surface area contributed by atoms with E-state index in [4.69, 9.17) is 0 Å². The topological polar surface area (TPSA) is 49.4 Å². The number of hydrogen-bond acceptors (Lipinski definition) is 2. The predicted octanol–water partition coefficient (Wildman–Crippen LogP) is 5.28. The van der Waals surface area contributed by atoms with E-state index in [2.05, 4.69) is 12.2 Å². The van der Waals surface area contributed by atoms with Crippen molar-refractivity contribution in [1.82, 2.24) is 4.90 Å². The SMILES string of the molecule is CCc1ccc(NC(=O)C[C@H](c2ccc(C)cc2)N2Cc3ccccc3C2=O)cc1. The molecule has 1 aliphatic heterocycles. The van der Waals surface area contributed by atoms with Crippen molar-refractivity contribution in [2.75, 3.05) is 5.32 Å². The molecular formula is C26H26N2O2. The van der Waals surface area contributed by atoms with Gasteiger partial charge in [0.2, 0.25) is 5.91 Å². The van der Waals surface area contributed by atoms with Crippen molar-refractivity contribution < 1.29 is 9.59 Å². The minimum atomic E-state index is -0.319. The zero-order valence-corrected chi connectivity index (χ0v) is 17.4. The highest BCUT2D eigenvalue weighted by atomic mass is 16.2. The molecule has 4 heteroatoms. The lowest BCUT2D eigenvalue weighted by Crippen LogP contribution is -2.32. The highest BCUT2D eigenvalue weighted by Crippen LogP contribution is 2.33. The summed E-state index contributed by atoms with van der Waals surface area (Å²) in [6.07, 6.45) is 1.17. The van der Waals surface area contributed by atoms with E-state index in [0.717, 1.165) is 34.4 Å². The molecule has 1 heterocycles. The standard InChI is InChI=1S/C26H26N2O2/c1-3-19-10-14-22(15-11-19)27-25(29)16-24(20-12-8-18(2)9-13-20)28-17-21-6-4-5-7-23(21)26(28)30/h4-15,24H,3,16-17H2,1-2H3,(H,27,29)/t24-/m1/s1. The van der Waals surface area contributed by atoms with Gasteiger partial charge in [-0.3, -0.25) is 9.59 Å². The number of amides is 2. The molecule has 0 bridgehead atoms. The van der Waals surface area contributed by atoms with Gasteiger partial charge in [-0.2, -0.15) is 0 Å². The first kappa shape index (κ1) is 19.9. The minimum absolute atomic E-state index is 0.0173. The number of carbonyl (C=O) groups excluding carboxylic acids is 2. The summed E-state index contributed by atoms with van der Waals surface area (Å²) >= 11 is 0. The number of fused-ring (bicyclic) bond motifs is 1. The Morgan fingerprint density at radius 1 is 1.00 bits per heavy atom. The molecule has 0 radical (unpaired) electrons. The van der Waals surface area contributed by atoms with Crippen molar-refractivity contribution in [2.24, 2.45) is 0 Å². The number of nitrogens with one attached hydrogen (secondary N) is 1. The van der Waals surface area contributed by atoms with Gasteiger partial charge in [-0.05, 0) is 48.2 Å². The molecule has 0 aliphatic carbocycles. The first-order valence-electron chi connectivity index (χ1n) is 10.4.